The minimum absolute atomic E-state index is 0.0964. The minimum Gasteiger partial charge on any atom is -0.387 e. The number of halogens is 1. The fourth-order valence-electron chi connectivity index (χ4n) is 4.49. The molecule has 0 amide bonds. The summed E-state index contributed by atoms with van der Waals surface area (Å²) in [6.07, 6.45) is 4.44. The summed E-state index contributed by atoms with van der Waals surface area (Å²) in [5.41, 5.74) is 5.05. The van der Waals surface area contributed by atoms with E-state index in [-0.39, 0.29) is 6.04 Å². The molecule has 2 aliphatic heterocycles. The van der Waals surface area contributed by atoms with Gasteiger partial charge in [-0.2, -0.15) is 0 Å². The second kappa shape index (κ2) is 8.35. The van der Waals surface area contributed by atoms with Crippen molar-refractivity contribution >= 4 is 32.9 Å². The molecule has 2 aromatic rings. The van der Waals surface area contributed by atoms with Gasteiger partial charge in [-0.1, -0.05) is 41.9 Å². The van der Waals surface area contributed by atoms with Crippen molar-refractivity contribution in [2.24, 2.45) is 0 Å². The predicted octanol–water partition coefficient (Wildman–Crippen LogP) is 3.87. The Bertz CT molecular complexity index is 1070. The molecule has 7 heteroatoms. The topological polar surface area (TPSA) is 60.9 Å². The maximum atomic E-state index is 12.1. The zero-order valence-corrected chi connectivity index (χ0v) is 18.8. The molecule has 0 radical (unpaired) electrons. The number of fused-ring (bicyclic) bond motifs is 1. The highest BCUT2D eigenvalue weighted by atomic mass is 35.5. The number of sulfonamides is 1. The molecule has 2 aromatic carbocycles. The van der Waals surface area contributed by atoms with E-state index in [4.69, 9.17) is 11.6 Å². The van der Waals surface area contributed by atoms with E-state index in [1.807, 2.05) is 49.4 Å². The van der Waals surface area contributed by atoms with E-state index in [9.17, 15) is 13.5 Å². The first-order chi connectivity index (χ1) is 14.2. The number of aliphatic hydroxyl groups excluding tert-OH is 1. The normalized spacial score (nSPS) is 20.7. The Hall–Kier alpha value is -1.86. The Morgan fingerprint density at radius 3 is 2.57 bits per heavy atom. The minimum atomic E-state index is -3.30. The van der Waals surface area contributed by atoms with Gasteiger partial charge in [0.2, 0.25) is 10.0 Å². The summed E-state index contributed by atoms with van der Waals surface area (Å²) in [4.78, 5) is 2.24. The summed E-state index contributed by atoms with van der Waals surface area (Å²) in [6.45, 7) is 4.14. The van der Waals surface area contributed by atoms with Gasteiger partial charge >= 0.3 is 0 Å². The summed E-state index contributed by atoms with van der Waals surface area (Å²) in [7, 11) is -3.30. The van der Waals surface area contributed by atoms with Gasteiger partial charge in [-0.25, -0.2) is 8.42 Å². The first-order valence-electron chi connectivity index (χ1n) is 10.2. The van der Waals surface area contributed by atoms with Crippen LogP contribution >= 0.6 is 11.6 Å². The van der Waals surface area contributed by atoms with Crippen LogP contribution in [-0.2, 0) is 16.4 Å². The van der Waals surface area contributed by atoms with Crippen molar-refractivity contribution in [2.45, 2.75) is 31.9 Å². The van der Waals surface area contributed by atoms with Crippen LogP contribution < -0.4 is 4.31 Å². The van der Waals surface area contributed by atoms with Gasteiger partial charge < -0.3 is 5.11 Å². The Morgan fingerprint density at radius 1 is 1.20 bits per heavy atom. The number of benzene rings is 2. The molecule has 0 spiro atoms. The summed E-state index contributed by atoms with van der Waals surface area (Å²) in [5, 5.41) is 11.5. The lowest BCUT2D eigenvalue weighted by molar-refractivity contribution is 0.119. The van der Waals surface area contributed by atoms with Crippen LogP contribution in [0.1, 0.15) is 36.1 Å². The Balaban J connectivity index is 1.42. The highest BCUT2D eigenvalue weighted by Crippen LogP contribution is 2.36. The van der Waals surface area contributed by atoms with Gasteiger partial charge in [-0.05, 0) is 60.2 Å². The monoisotopic (exact) mass is 446 g/mol. The molecule has 0 bridgehead atoms. The van der Waals surface area contributed by atoms with Gasteiger partial charge in [0, 0.05) is 30.7 Å². The molecule has 2 aliphatic rings. The van der Waals surface area contributed by atoms with E-state index in [2.05, 4.69) is 11.0 Å². The van der Waals surface area contributed by atoms with Crippen molar-refractivity contribution in [2.75, 3.05) is 30.2 Å². The zero-order chi connectivity index (χ0) is 21.5. The predicted molar refractivity (Wildman–Crippen MR) is 122 cm³/mol. The molecular weight excluding hydrogens is 420 g/mol. The zero-order valence-electron chi connectivity index (χ0n) is 17.3. The highest BCUT2D eigenvalue weighted by Gasteiger charge is 2.33. The van der Waals surface area contributed by atoms with E-state index in [0.717, 1.165) is 41.3 Å². The molecule has 5 nitrogen and oxygen atoms in total. The molecule has 0 aromatic heterocycles. The van der Waals surface area contributed by atoms with E-state index < -0.39 is 16.1 Å². The van der Waals surface area contributed by atoms with Crippen LogP contribution in [0.3, 0.4) is 0 Å². The van der Waals surface area contributed by atoms with Crippen LogP contribution in [0.25, 0.3) is 5.57 Å². The molecule has 0 aliphatic carbocycles. The first kappa shape index (κ1) is 21.4. The van der Waals surface area contributed by atoms with Crippen LogP contribution in [0, 0.1) is 0 Å². The summed E-state index contributed by atoms with van der Waals surface area (Å²) >= 11 is 5.97. The average molecular weight is 447 g/mol. The number of β-amino-alcohol motifs (C(OH)–C–C–N with tert-alkyl or cyclic N) is 1. The first-order valence-corrected chi connectivity index (χ1v) is 12.4. The number of rotatable bonds is 5. The lowest BCUT2D eigenvalue weighted by Crippen LogP contribution is -2.34. The second-order valence-electron chi connectivity index (χ2n) is 8.26. The molecule has 160 valence electrons. The van der Waals surface area contributed by atoms with Crippen LogP contribution in [0.15, 0.2) is 48.5 Å². The van der Waals surface area contributed by atoms with Crippen molar-refractivity contribution in [1.82, 2.24) is 4.90 Å². The van der Waals surface area contributed by atoms with Gasteiger partial charge in [0.25, 0.3) is 0 Å². The fraction of sp³-hybridized carbons (Fsp3) is 0.391. The molecule has 2 heterocycles. The van der Waals surface area contributed by atoms with Crippen molar-refractivity contribution in [3.63, 3.8) is 0 Å². The molecule has 1 N–H and O–H groups in total. The van der Waals surface area contributed by atoms with Crippen LogP contribution in [0.2, 0.25) is 5.02 Å². The number of hydrogen-bond acceptors (Lipinski definition) is 4. The van der Waals surface area contributed by atoms with E-state index in [1.165, 1.54) is 21.7 Å². The van der Waals surface area contributed by atoms with Gasteiger partial charge in [0.1, 0.15) is 0 Å². The average Bonchev–Trinajstić information content (AvgIpc) is 3.04. The van der Waals surface area contributed by atoms with E-state index in [0.29, 0.717) is 13.0 Å². The standard InChI is InChI=1S/C23H27ClN2O3S/c1-16-13-20-14-19(5-8-22(20)26(16)30(2,28)29)23(27)15-25-11-9-18(10-12-25)17-3-6-21(24)7-4-17/h3-9,14,16,23,27H,10-13,15H2,1-2H3/t16-,23+/m1/s1. The van der Waals surface area contributed by atoms with Crippen molar-refractivity contribution in [3.8, 4) is 0 Å². The number of nitrogens with zero attached hydrogens (tertiary/aromatic N) is 2. The molecule has 0 saturated heterocycles. The summed E-state index contributed by atoms with van der Waals surface area (Å²) < 4.78 is 25.7. The van der Waals surface area contributed by atoms with Gasteiger partial charge in [0.05, 0.1) is 18.0 Å². The lowest BCUT2D eigenvalue weighted by Gasteiger charge is -2.28. The molecule has 0 saturated carbocycles. The summed E-state index contributed by atoms with van der Waals surface area (Å²) in [5.74, 6) is 0. The van der Waals surface area contributed by atoms with Crippen molar-refractivity contribution in [3.05, 3.63) is 70.3 Å². The Morgan fingerprint density at radius 2 is 1.93 bits per heavy atom. The summed E-state index contributed by atoms with van der Waals surface area (Å²) in [6, 6.07) is 13.4. The van der Waals surface area contributed by atoms with Crippen LogP contribution in [0.5, 0.6) is 0 Å². The van der Waals surface area contributed by atoms with Crippen LogP contribution in [0.4, 0.5) is 5.69 Å². The number of anilines is 1. The number of aliphatic hydroxyl groups is 1. The van der Waals surface area contributed by atoms with Gasteiger partial charge in [-0.15, -0.1) is 0 Å². The van der Waals surface area contributed by atoms with Gasteiger partial charge in [0.15, 0.2) is 0 Å². The van der Waals surface area contributed by atoms with Gasteiger partial charge in [-0.3, -0.25) is 9.21 Å². The molecule has 30 heavy (non-hydrogen) atoms. The van der Waals surface area contributed by atoms with Crippen molar-refractivity contribution < 1.29 is 13.5 Å². The Kier molecular flexibility index (Phi) is 5.95. The smallest absolute Gasteiger partial charge is 0.232 e. The molecule has 2 atom stereocenters. The third-order valence-corrected chi connectivity index (χ3v) is 7.46. The number of hydrogen-bond donors (Lipinski definition) is 1. The fourth-order valence-corrected chi connectivity index (χ4v) is 5.88. The lowest BCUT2D eigenvalue weighted by atomic mass is 9.98. The molecule has 0 unspecified atom stereocenters. The second-order valence-corrected chi connectivity index (χ2v) is 10.6. The van der Waals surface area contributed by atoms with Crippen molar-refractivity contribution in [1.29, 1.82) is 0 Å². The van der Waals surface area contributed by atoms with Crippen LogP contribution in [-0.4, -0.2) is 50.4 Å². The highest BCUT2D eigenvalue weighted by molar-refractivity contribution is 7.92. The molecule has 0 fully saturated rings. The van der Waals surface area contributed by atoms with E-state index in [1.54, 1.807) is 0 Å². The quantitative estimate of drug-likeness (QED) is 0.757. The SMILES string of the molecule is C[C@@H]1Cc2cc([C@@H](O)CN3CC=C(c4ccc(Cl)cc4)CC3)ccc2N1S(C)(=O)=O. The third kappa shape index (κ3) is 4.42. The maximum absolute atomic E-state index is 12.1. The molecule has 4 rings (SSSR count). The Labute approximate surface area is 183 Å². The third-order valence-electron chi connectivity index (χ3n) is 5.94. The van der Waals surface area contributed by atoms with E-state index >= 15 is 0 Å². The maximum Gasteiger partial charge on any atom is 0.232 e. The molecular formula is C23H27ClN2O3S. The largest absolute Gasteiger partial charge is 0.387 e.